The van der Waals surface area contributed by atoms with Crippen LogP contribution in [0, 0.1) is 6.92 Å². The van der Waals surface area contributed by atoms with Crippen LogP contribution in [0.4, 0.5) is 0 Å². The molecule has 0 radical (unpaired) electrons. The number of aromatic nitrogens is 2. The fraction of sp³-hybridized carbons (Fsp3) is 0.467. The summed E-state index contributed by atoms with van der Waals surface area (Å²) in [5.41, 5.74) is -0.390. The lowest BCUT2D eigenvalue weighted by Crippen LogP contribution is -2.38. The van der Waals surface area contributed by atoms with Gasteiger partial charge in [-0.05, 0) is 13.8 Å². The Morgan fingerprint density at radius 1 is 1.46 bits per heavy atom. The van der Waals surface area contributed by atoms with Crippen molar-refractivity contribution in [2.45, 2.75) is 19.9 Å². The number of amides is 1. The molecule has 0 saturated carbocycles. The van der Waals surface area contributed by atoms with Crippen LogP contribution in [0.15, 0.2) is 15.5 Å². The first-order chi connectivity index (χ1) is 11.3. The number of furan rings is 1. The van der Waals surface area contributed by atoms with Crippen LogP contribution in [0.5, 0.6) is 0 Å². The molecular formula is C15H19N3O6. The Hall–Kier alpha value is -2.68. The number of ether oxygens (including phenoxy) is 2. The summed E-state index contributed by atoms with van der Waals surface area (Å²) >= 11 is 0. The number of methoxy groups -OCH3 is 1. The minimum Gasteiger partial charge on any atom is -0.452 e. The second-order valence-electron chi connectivity index (χ2n) is 5.37. The fourth-order valence-corrected chi connectivity index (χ4v) is 2.24. The largest absolute Gasteiger partial charge is 0.452 e. The molecule has 1 unspecified atom stereocenters. The number of nitrogens with zero attached hydrogens (tertiary/aromatic N) is 2. The van der Waals surface area contributed by atoms with Gasteiger partial charge in [0.2, 0.25) is 5.71 Å². The zero-order valence-corrected chi connectivity index (χ0v) is 13.9. The number of nitrogens with one attached hydrogen (secondary N) is 1. The Morgan fingerprint density at radius 2 is 2.17 bits per heavy atom. The van der Waals surface area contributed by atoms with Gasteiger partial charge in [0.05, 0.1) is 6.61 Å². The minimum absolute atomic E-state index is 0.0172. The van der Waals surface area contributed by atoms with Crippen molar-refractivity contribution in [3.63, 3.8) is 0 Å². The molecule has 0 bridgehead atoms. The summed E-state index contributed by atoms with van der Waals surface area (Å²) in [6, 6.07) is -0.214. The molecule has 1 N–H and O–H groups in total. The van der Waals surface area contributed by atoms with E-state index in [-0.39, 0.29) is 28.5 Å². The van der Waals surface area contributed by atoms with Crippen molar-refractivity contribution in [3.8, 4) is 0 Å². The SMILES string of the molecule is COCC(C)NC(=O)COC(=O)c1c(C)oc2ncn(C)c(=O)c12. The van der Waals surface area contributed by atoms with Gasteiger partial charge in [-0.3, -0.25) is 9.59 Å². The topological polar surface area (TPSA) is 113 Å². The molecule has 1 amide bonds. The van der Waals surface area contributed by atoms with E-state index in [1.165, 1.54) is 32.0 Å². The summed E-state index contributed by atoms with van der Waals surface area (Å²) in [4.78, 5) is 40.1. The van der Waals surface area contributed by atoms with Crippen LogP contribution in [-0.4, -0.2) is 47.8 Å². The Balaban J connectivity index is 2.15. The molecule has 130 valence electrons. The summed E-state index contributed by atoms with van der Waals surface area (Å²) in [7, 11) is 3.03. The van der Waals surface area contributed by atoms with E-state index < -0.39 is 24.0 Å². The van der Waals surface area contributed by atoms with E-state index in [4.69, 9.17) is 13.9 Å². The molecule has 2 aromatic heterocycles. The molecule has 9 heteroatoms. The van der Waals surface area contributed by atoms with E-state index in [2.05, 4.69) is 10.3 Å². The number of fused-ring (bicyclic) bond motifs is 1. The average molecular weight is 337 g/mol. The van der Waals surface area contributed by atoms with Crippen molar-refractivity contribution in [3.05, 3.63) is 28.0 Å². The predicted octanol–water partition coefficient (Wildman–Crippen LogP) is 0.143. The van der Waals surface area contributed by atoms with E-state index in [1.54, 1.807) is 6.92 Å². The standard InChI is InChI=1S/C15H19N3O6/c1-8(5-22-4)17-10(19)6-23-15(21)11-9(2)24-13-12(11)14(20)18(3)7-16-13/h7-8H,5-6H2,1-4H3,(H,17,19). The lowest BCUT2D eigenvalue weighted by atomic mass is 10.2. The number of carbonyl (C=O) groups is 2. The zero-order chi connectivity index (χ0) is 17.9. The molecule has 0 spiro atoms. The minimum atomic E-state index is -0.814. The van der Waals surface area contributed by atoms with Crippen LogP contribution in [-0.2, 0) is 21.3 Å². The van der Waals surface area contributed by atoms with Crippen molar-refractivity contribution in [1.82, 2.24) is 14.9 Å². The van der Waals surface area contributed by atoms with Crippen LogP contribution in [0.3, 0.4) is 0 Å². The third-order valence-electron chi connectivity index (χ3n) is 3.31. The second kappa shape index (κ2) is 7.26. The highest BCUT2D eigenvalue weighted by Gasteiger charge is 2.24. The third-order valence-corrected chi connectivity index (χ3v) is 3.31. The molecule has 0 saturated heterocycles. The van der Waals surface area contributed by atoms with Crippen LogP contribution < -0.4 is 10.9 Å². The summed E-state index contributed by atoms with van der Waals surface area (Å²) in [6.07, 6.45) is 1.30. The van der Waals surface area contributed by atoms with E-state index in [1.807, 2.05) is 0 Å². The first kappa shape index (κ1) is 17.7. The molecule has 0 aliphatic carbocycles. The molecule has 24 heavy (non-hydrogen) atoms. The molecule has 0 aliphatic rings. The maximum absolute atomic E-state index is 12.3. The highest BCUT2D eigenvalue weighted by Crippen LogP contribution is 2.21. The Labute approximate surface area is 137 Å². The molecule has 0 fully saturated rings. The molecule has 0 aromatic carbocycles. The fourth-order valence-electron chi connectivity index (χ4n) is 2.24. The van der Waals surface area contributed by atoms with E-state index in [0.29, 0.717) is 6.61 Å². The van der Waals surface area contributed by atoms with Crippen molar-refractivity contribution >= 4 is 23.0 Å². The monoisotopic (exact) mass is 337 g/mol. The van der Waals surface area contributed by atoms with Gasteiger partial charge in [-0.25, -0.2) is 9.78 Å². The third kappa shape index (κ3) is 3.62. The summed E-state index contributed by atoms with van der Waals surface area (Å²) in [5.74, 6) is -1.07. The van der Waals surface area contributed by atoms with Crippen LogP contribution >= 0.6 is 0 Å². The maximum atomic E-state index is 12.3. The van der Waals surface area contributed by atoms with Gasteiger partial charge >= 0.3 is 5.97 Å². The van der Waals surface area contributed by atoms with Gasteiger partial charge in [0, 0.05) is 20.2 Å². The first-order valence-electron chi connectivity index (χ1n) is 7.25. The molecule has 2 aromatic rings. The van der Waals surface area contributed by atoms with Crippen molar-refractivity contribution < 1.29 is 23.5 Å². The van der Waals surface area contributed by atoms with Gasteiger partial charge in [-0.15, -0.1) is 0 Å². The van der Waals surface area contributed by atoms with Crippen molar-refractivity contribution in [2.75, 3.05) is 20.3 Å². The zero-order valence-electron chi connectivity index (χ0n) is 13.9. The van der Waals surface area contributed by atoms with Gasteiger partial charge in [-0.2, -0.15) is 0 Å². The molecular weight excluding hydrogens is 318 g/mol. The maximum Gasteiger partial charge on any atom is 0.343 e. The highest BCUT2D eigenvalue weighted by atomic mass is 16.5. The van der Waals surface area contributed by atoms with Gasteiger partial charge in [0.25, 0.3) is 11.5 Å². The Morgan fingerprint density at radius 3 is 2.83 bits per heavy atom. The van der Waals surface area contributed by atoms with Crippen LogP contribution in [0.25, 0.3) is 11.1 Å². The van der Waals surface area contributed by atoms with E-state index >= 15 is 0 Å². The molecule has 1 atom stereocenters. The summed E-state index contributed by atoms with van der Waals surface area (Å²) in [6.45, 7) is 3.15. The molecule has 2 heterocycles. The molecule has 0 aliphatic heterocycles. The number of rotatable bonds is 6. The smallest absolute Gasteiger partial charge is 0.343 e. The molecule has 2 rings (SSSR count). The first-order valence-corrected chi connectivity index (χ1v) is 7.25. The van der Waals surface area contributed by atoms with E-state index in [9.17, 15) is 14.4 Å². The normalized spacial score (nSPS) is 12.2. The van der Waals surface area contributed by atoms with Gasteiger partial charge < -0.3 is 23.8 Å². The molecule has 9 nitrogen and oxygen atoms in total. The second-order valence-corrected chi connectivity index (χ2v) is 5.37. The van der Waals surface area contributed by atoms with Crippen LogP contribution in [0.2, 0.25) is 0 Å². The number of carbonyl (C=O) groups excluding carboxylic acids is 2. The number of hydrogen-bond acceptors (Lipinski definition) is 7. The summed E-state index contributed by atoms with van der Waals surface area (Å²) in [5, 5.41) is 2.65. The number of esters is 1. The average Bonchev–Trinajstić information content (AvgIpc) is 2.86. The van der Waals surface area contributed by atoms with Gasteiger partial charge in [0.1, 0.15) is 23.0 Å². The predicted molar refractivity (Wildman–Crippen MR) is 83.8 cm³/mol. The Bertz CT molecular complexity index is 822. The van der Waals surface area contributed by atoms with Crippen molar-refractivity contribution in [1.29, 1.82) is 0 Å². The highest BCUT2D eigenvalue weighted by molar-refractivity contribution is 6.03. The van der Waals surface area contributed by atoms with E-state index in [0.717, 1.165) is 0 Å². The van der Waals surface area contributed by atoms with Crippen molar-refractivity contribution in [2.24, 2.45) is 7.05 Å². The quantitative estimate of drug-likeness (QED) is 0.746. The lowest BCUT2D eigenvalue weighted by Gasteiger charge is -2.12. The number of aryl methyl sites for hydroxylation is 2. The van der Waals surface area contributed by atoms with Gasteiger partial charge in [-0.1, -0.05) is 0 Å². The summed E-state index contributed by atoms with van der Waals surface area (Å²) < 4.78 is 16.4. The Kier molecular flexibility index (Phi) is 5.35. The lowest BCUT2D eigenvalue weighted by molar-refractivity contribution is -0.125. The van der Waals surface area contributed by atoms with Gasteiger partial charge in [0.15, 0.2) is 6.61 Å². The number of hydrogen-bond donors (Lipinski definition) is 1. The van der Waals surface area contributed by atoms with Crippen LogP contribution in [0.1, 0.15) is 23.0 Å².